The highest BCUT2D eigenvalue weighted by Gasteiger charge is 2.44. The minimum atomic E-state index is -0.797. The maximum Gasteiger partial charge on any atom is 0.290 e. The van der Waals surface area contributed by atoms with E-state index in [4.69, 9.17) is 4.42 Å². The molecule has 1 atom stereocenters. The standard InChI is InChI=1S/C20H20FNO4/c1-12(2)10-15(23)17-18(16-4-3-9-26-16)22(20(25)19(17)24)11-13-5-7-14(21)8-6-13/h3-9,12,18,24H,10-11H2,1-2H3. The van der Waals surface area contributed by atoms with Crippen molar-refractivity contribution in [3.8, 4) is 0 Å². The number of ketones is 1. The fourth-order valence-corrected chi connectivity index (χ4v) is 3.11. The molecule has 1 N–H and O–H groups in total. The number of benzene rings is 1. The third-order valence-corrected chi connectivity index (χ3v) is 4.28. The van der Waals surface area contributed by atoms with Gasteiger partial charge in [0.2, 0.25) is 0 Å². The highest BCUT2D eigenvalue weighted by atomic mass is 19.1. The second kappa shape index (κ2) is 7.15. The summed E-state index contributed by atoms with van der Waals surface area (Å²) in [5.74, 6) is -1.35. The minimum absolute atomic E-state index is 0.0563. The lowest BCUT2D eigenvalue weighted by Crippen LogP contribution is -2.30. The summed E-state index contributed by atoms with van der Waals surface area (Å²) in [6, 6.07) is 8.26. The molecule has 6 heteroatoms. The molecule has 0 aliphatic carbocycles. The van der Waals surface area contributed by atoms with Gasteiger partial charge >= 0.3 is 0 Å². The number of hydrogen-bond donors (Lipinski definition) is 1. The van der Waals surface area contributed by atoms with E-state index in [0.29, 0.717) is 11.3 Å². The molecule has 1 aliphatic heterocycles. The summed E-state index contributed by atoms with van der Waals surface area (Å²) >= 11 is 0. The summed E-state index contributed by atoms with van der Waals surface area (Å²) in [6.07, 6.45) is 1.67. The Labute approximate surface area is 150 Å². The van der Waals surface area contributed by atoms with Crippen LogP contribution in [-0.4, -0.2) is 21.7 Å². The Hall–Kier alpha value is -2.89. The fraction of sp³-hybridized carbons (Fsp3) is 0.300. The first-order valence-electron chi connectivity index (χ1n) is 8.43. The van der Waals surface area contributed by atoms with Crippen LogP contribution in [0.15, 0.2) is 58.4 Å². The molecule has 3 rings (SSSR count). The van der Waals surface area contributed by atoms with Gasteiger partial charge in [0.15, 0.2) is 11.5 Å². The number of carbonyl (C=O) groups is 2. The highest BCUT2D eigenvalue weighted by molar-refractivity contribution is 6.08. The van der Waals surface area contributed by atoms with E-state index in [1.807, 2.05) is 13.8 Å². The molecule has 2 heterocycles. The second-order valence-electron chi connectivity index (χ2n) is 6.76. The summed E-state index contributed by atoms with van der Waals surface area (Å²) in [5, 5.41) is 10.4. The van der Waals surface area contributed by atoms with Gasteiger partial charge in [0.25, 0.3) is 5.91 Å². The molecule has 0 saturated heterocycles. The largest absolute Gasteiger partial charge is 0.503 e. The monoisotopic (exact) mass is 357 g/mol. The van der Waals surface area contributed by atoms with Crippen LogP contribution in [0.4, 0.5) is 4.39 Å². The Morgan fingerprint density at radius 3 is 2.54 bits per heavy atom. The number of aliphatic hydroxyl groups excluding tert-OH is 1. The van der Waals surface area contributed by atoms with Gasteiger partial charge < -0.3 is 14.4 Å². The van der Waals surface area contributed by atoms with Gasteiger partial charge in [0, 0.05) is 13.0 Å². The number of rotatable bonds is 6. The summed E-state index contributed by atoms with van der Waals surface area (Å²) in [4.78, 5) is 26.7. The van der Waals surface area contributed by atoms with E-state index >= 15 is 0 Å². The molecule has 1 aromatic carbocycles. The average Bonchev–Trinajstić information content (AvgIpc) is 3.18. The molecule has 5 nitrogen and oxygen atoms in total. The van der Waals surface area contributed by atoms with Gasteiger partial charge in [-0.05, 0) is 35.7 Å². The Morgan fingerprint density at radius 1 is 1.27 bits per heavy atom. The molecule has 0 fully saturated rings. The number of halogens is 1. The zero-order chi connectivity index (χ0) is 18.8. The number of amides is 1. The lowest BCUT2D eigenvalue weighted by Gasteiger charge is -2.25. The molecule has 0 spiro atoms. The molecule has 0 bridgehead atoms. The normalized spacial score (nSPS) is 17.5. The van der Waals surface area contributed by atoms with Crippen LogP contribution in [0.2, 0.25) is 0 Å². The van der Waals surface area contributed by atoms with Crippen molar-refractivity contribution >= 4 is 11.7 Å². The van der Waals surface area contributed by atoms with Crippen molar-refractivity contribution in [3.05, 3.63) is 71.1 Å². The van der Waals surface area contributed by atoms with Crippen molar-refractivity contribution in [2.45, 2.75) is 32.9 Å². The smallest absolute Gasteiger partial charge is 0.290 e. The van der Waals surface area contributed by atoms with Crippen molar-refractivity contribution < 1.29 is 23.5 Å². The molecule has 0 saturated carbocycles. The zero-order valence-corrected chi connectivity index (χ0v) is 14.6. The highest BCUT2D eigenvalue weighted by Crippen LogP contribution is 2.39. The first kappa shape index (κ1) is 17.9. The van der Waals surface area contributed by atoms with Crippen LogP contribution in [0.5, 0.6) is 0 Å². The Balaban J connectivity index is 1.98. The van der Waals surface area contributed by atoms with Gasteiger partial charge in [-0.1, -0.05) is 26.0 Å². The van der Waals surface area contributed by atoms with Crippen molar-refractivity contribution in [3.63, 3.8) is 0 Å². The number of Topliss-reactive ketones (excluding diaryl/α,β-unsaturated/α-hetero) is 1. The lowest BCUT2D eigenvalue weighted by atomic mass is 9.95. The Bertz CT molecular complexity index is 837. The van der Waals surface area contributed by atoms with Crippen molar-refractivity contribution in [2.75, 3.05) is 0 Å². The number of furan rings is 1. The van der Waals surface area contributed by atoms with Gasteiger partial charge in [-0.25, -0.2) is 4.39 Å². The molecule has 1 amide bonds. The molecule has 26 heavy (non-hydrogen) atoms. The quantitative estimate of drug-likeness (QED) is 0.850. The van der Waals surface area contributed by atoms with Gasteiger partial charge in [0.1, 0.15) is 17.6 Å². The van der Waals surface area contributed by atoms with Gasteiger partial charge in [0.05, 0.1) is 11.8 Å². The molecule has 2 aromatic rings. The molecule has 1 aromatic heterocycles. The van der Waals surface area contributed by atoms with Crippen molar-refractivity contribution in [1.29, 1.82) is 0 Å². The maximum atomic E-state index is 13.1. The third-order valence-electron chi connectivity index (χ3n) is 4.28. The molecular formula is C20H20FNO4. The Kier molecular flexibility index (Phi) is 4.93. The summed E-state index contributed by atoms with van der Waals surface area (Å²) < 4.78 is 18.6. The van der Waals surface area contributed by atoms with Crippen LogP contribution in [0.25, 0.3) is 0 Å². The number of carbonyl (C=O) groups excluding carboxylic acids is 2. The number of aliphatic hydroxyl groups is 1. The first-order chi connectivity index (χ1) is 12.4. The third kappa shape index (κ3) is 3.40. The van der Waals surface area contributed by atoms with Crippen LogP contribution in [0.3, 0.4) is 0 Å². The topological polar surface area (TPSA) is 70.8 Å². The van der Waals surface area contributed by atoms with E-state index < -0.39 is 17.7 Å². The molecule has 1 aliphatic rings. The lowest BCUT2D eigenvalue weighted by molar-refractivity contribution is -0.130. The summed E-state index contributed by atoms with van der Waals surface area (Å²) in [7, 11) is 0. The predicted molar refractivity (Wildman–Crippen MR) is 92.5 cm³/mol. The maximum absolute atomic E-state index is 13.1. The van der Waals surface area contributed by atoms with E-state index in [2.05, 4.69) is 0 Å². The summed E-state index contributed by atoms with van der Waals surface area (Å²) in [5.41, 5.74) is 0.738. The SMILES string of the molecule is CC(C)CC(=O)C1=C(O)C(=O)N(Cc2ccc(F)cc2)C1c1ccco1. The van der Waals surface area contributed by atoms with E-state index in [-0.39, 0.29) is 36.1 Å². The second-order valence-corrected chi connectivity index (χ2v) is 6.76. The van der Waals surface area contributed by atoms with Crippen LogP contribution in [0, 0.1) is 11.7 Å². The molecule has 0 radical (unpaired) electrons. The van der Waals surface area contributed by atoms with Crippen molar-refractivity contribution in [1.82, 2.24) is 4.90 Å². The van der Waals surface area contributed by atoms with E-state index in [1.54, 1.807) is 24.3 Å². The van der Waals surface area contributed by atoms with Crippen LogP contribution in [0.1, 0.15) is 37.6 Å². The van der Waals surface area contributed by atoms with Crippen molar-refractivity contribution in [2.24, 2.45) is 5.92 Å². The van der Waals surface area contributed by atoms with Gasteiger partial charge in [-0.15, -0.1) is 0 Å². The first-order valence-corrected chi connectivity index (χ1v) is 8.43. The minimum Gasteiger partial charge on any atom is -0.503 e. The number of nitrogens with zero attached hydrogens (tertiary/aromatic N) is 1. The van der Waals surface area contributed by atoms with E-state index in [0.717, 1.165) is 0 Å². The Morgan fingerprint density at radius 2 is 1.96 bits per heavy atom. The van der Waals surface area contributed by atoms with Crippen LogP contribution in [-0.2, 0) is 16.1 Å². The number of hydrogen-bond acceptors (Lipinski definition) is 4. The molecule has 1 unspecified atom stereocenters. The van der Waals surface area contributed by atoms with Crippen LogP contribution < -0.4 is 0 Å². The summed E-state index contributed by atoms with van der Waals surface area (Å²) in [6.45, 7) is 3.90. The van der Waals surface area contributed by atoms with Crippen LogP contribution >= 0.6 is 0 Å². The van der Waals surface area contributed by atoms with E-state index in [1.165, 1.54) is 23.3 Å². The predicted octanol–water partition coefficient (Wildman–Crippen LogP) is 3.93. The molecule has 136 valence electrons. The van der Waals surface area contributed by atoms with E-state index in [9.17, 15) is 19.1 Å². The average molecular weight is 357 g/mol. The van der Waals surface area contributed by atoms with Gasteiger partial charge in [-0.3, -0.25) is 9.59 Å². The zero-order valence-electron chi connectivity index (χ0n) is 14.6. The van der Waals surface area contributed by atoms with Gasteiger partial charge in [-0.2, -0.15) is 0 Å². The fourth-order valence-electron chi connectivity index (χ4n) is 3.11. The molecular weight excluding hydrogens is 337 g/mol.